The summed E-state index contributed by atoms with van der Waals surface area (Å²) in [5, 5.41) is 1.00. The van der Waals surface area contributed by atoms with Crippen LogP contribution >= 0.6 is 0 Å². The van der Waals surface area contributed by atoms with Gasteiger partial charge < -0.3 is 19.5 Å². The average Bonchev–Trinajstić information content (AvgIpc) is 3.28. The van der Waals surface area contributed by atoms with Crippen molar-refractivity contribution in [2.75, 3.05) is 18.0 Å². The maximum absolute atomic E-state index is 12.4. The molecule has 7 nitrogen and oxygen atoms in total. The molecule has 7 heteroatoms. The Labute approximate surface area is 159 Å². The Morgan fingerprint density at radius 2 is 2.04 bits per heavy atom. The van der Waals surface area contributed by atoms with Crippen LogP contribution in [-0.4, -0.2) is 50.7 Å². The van der Waals surface area contributed by atoms with Gasteiger partial charge in [-0.3, -0.25) is 0 Å². The Bertz CT molecular complexity index is 841. The SMILES string of the molecule is C=CN(c1ncnc2[nH]ccc12)C1C[C@@H]2CN(C(=O)OC(C)(C)C)C[C@@H]2C1. The van der Waals surface area contributed by atoms with E-state index < -0.39 is 5.60 Å². The predicted molar refractivity (Wildman–Crippen MR) is 104 cm³/mol. The van der Waals surface area contributed by atoms with Crippen molar-refractivity contribution >= 4 is 22.9 Å². The molecule has 2 fully saturated rings. The van der Waals surface area contributed by atoms with Crippen LogP contribution in [-0.2, 0) is 4.74 Å². The standard InChI is InChI=1S/C20H27N5O2/c1-5-25(18-16-6-7-21-17(16)22-12-23-18)15-8-13-10-24(11-14(13)9-15)19(26)27-20(2,3)4/h5-7,12-15H,1,8-11H2,2-4H3,(H,21,22,23)/t13-,14+,15?. The number of ether oxygens (including phenoxy) is 1. The fraction of sp³-hybridized carbons (Fsp3) is 0.550. The number of carbonyl (C=O) groups is 1. The summed E-state index contributed by atoms with van der Waals surface area (Å²) in [5.41, 5.74) is 0.382. The van der Waals surface area contributed by atoms with Crippen molar-refractivity contribution in [1.29, 1.82) is 0 Å². The normalized spacial score (nSPS) is 24.9. The van der Waals surface area contributed by atoms with Crippen molar-refractivity contribution in [1.82, 2.24) is 19.9 Å². The van der Waals surface area contributed by atoms with Gasteiger partial charge in [0.1, 0.15) is 23.4 Å². The molecule has 1 saturated heterocycles. The van der Waals surface area contributed by atoms with Crippen LogP contribution in [0.2, 0.25) is 0 Å². The molecule has 3 atom stereocenters. The van der Waals surface area contributed by atoms with E-state index in [1.807, 2.05) is 44.1 Å². The summed E-state index contributed by atoms with van der Waals surface area (Å²) in [6.45, 7) is 11.3. The maximum Gasteiger partial charge on any atom is 0.410 e. The number of anilines is 1. The zero-order valence-corrected chi connectivity index (χ0v) is 16.2. The van der Waals surface area contributed by atoms with Gasteiger partial charge in [0.25, 0.3) is 0 Å². The first-order valence-corrected chi connectivity index (χ1v) is 9.52. The average molecular weight is 369 g/mol. The van der Waals surface area contributed by atoms with Gasteiger partial charge in [0.05, 0.1) is 5.39 Å². The highest BCUT2D eigenvalue weighted by atomic mass is 16.6. The second-order valence-electron chi connectivity index (χ2n) is 8.56. The van der Waals surface area contributed by atoms with E-state index in [0.717, 1.165) is 42.8 Å². The highest BCUT2D eigenvalue weighted by Gasteiger charge is 2.45. The van der Waals surface area contributed by atoms with Crippen LogP contribution in [0.25, 0.3) is 11.0 Å². The molecule has 0 spiro atoms. The minimum Gasteiger partial charge on any atom is -0.444 e. The smallest absolute Gasteiger partial charge is 0.410 e. The van der Waals surface area contributed by atoms with E-state index in [1.54, 1.807) is 6.33 Å². The lowest BCUT2D eigenvalue weighted by Gasteiger charge is -2.29. The summed E-state index contributed by atoms with van der Waals surface area (Å²) in [6, 6.07) is 2.34. The molecule has 0 radical (unpaired) electrons. The summed E-state index contributed by atoms with van der Waals surface area (Å²) >= 11 is 0. The number of rotatable bonds is 3. The van der Waals surface area contributed by atoms with E-state index in [2.05, 4.69) is 26.4 Å². The predicted octanol–water partition coefficient (Wildman–Crippen LogP) is 3.55. The van der Waals surface area contributed by atoms with E-state index in [-0.39, 0.29) is 6.09 Å². The number of nitrogens with zero attached hydrogens (tertiary/aromatic N) is 4. The van der Waals surface area contributed by atoms with E-state index in [1.165, 1.54) is 0 Å². The molecule has 27 heavy (non-hydrogen) atoms. The van der Waals surface area contributed by atoms with Crippen molar-refractivity contribution in [2.45, 2.75) is 45.3 Å². The Morgan fingerprint density at radius 1 is 1.33 bits per heavy atom. The molecule has 0 aromatic carbocycles. The van der Waals surface area contributed by atoms with Crippen molar-refractivity contribution in [3.05, 3.63) is 31.4 Å². The van der Waals surface area contributed by atoms with Gasteiger partial charge in [0.15, 0.2) is 0 Å². The highest BCUT2D eigenvalue weighted by Crippen LogP contribution is 2.42. The van der Waals surface area contributed by atoms with Crippen LogP contribution < -0.4 is 4.90 Å². The third-order valence-corrected chi connectivity index (χ3v) is 5.55. The summed E-state index contributed by atoms with van der Waals surface area (Å²) in [5.74, 6) is 1.88. The van der Waals surface area contributed by atoms with Gasteiger partial charge in [0, 0.05) is 25.3 Å². The molecule has 1 amide bonds. The second kappa shape index (κ2) is 6.55. The number of H-pyrrole nitrogens is 1. The fourth-order valence-corrected chi connectivity index (χ4v) is 4.44. The minimum absolute atomic E-state index is 0.196. The quantitative estimate of drug-likeness (QED) is 0.895. The van der Waals surface area contributed by atoms with Crippen molar-refractivity contribution in [3.63, 3.8) is 0 Å². The molecule has 0 bridgehead atoms. The largest absolute Gasteiger partial charge is 0.444 e. The van der Waals surface area contributed by atoms with Gasteiger partial charge >= 0.3 is 6.09 Å². The molecule has 2 aliphatic rings. The monoisotopic (exact) mass is 369 g/mol. The maximum atomic E-state index is 12.4. The number of carbonyl (C=O) groups excluding carboxylic acids is 1. The summed E-state index contributed by atoms with van der Waals surface area (Å²) < 4.78 is 5.53. The number of fused-ring (bicyclic) bond motifs is 2. The molecule has 1 N–H and O–H groups in total. The van der Waals surface area contributed by atoms with E-state index >= 15 is 0 Å². The molecule has 144 valence electrons. The van der Waals surface area contributed by atoms with Gasteiger partial charge in [0.2, 0.25) is 0 Å². The number of aromatic nitrogens is 3. The van der Waals surface area contributed by atoms with Crippen LogP contribution in [0.1, 0.15) is 33.6 Å². The molecular formula is C20H27N5O2. The molecule has 2 aromatic heterocycles. The summed E-state index contributed by atoms with van der Waals surface area (Å²) in [7, 11) is 0. The zero-order valence-electron chi connectivity index (χ0n) is 16.2. The Morgan fingerprint density at radius 3 is 2.67 bits per heavy atom. The van der Waals surface area contributed by atoms with Gasteiger partial charge in [-0.25, -0.2) is 14.8 Å². The highest BCUT2D eigenvalue weighted by molar-refractivity contribution is 5.87. The zero-order chi connectivity index (χ0) is 19.2. The third kappa shape index (κ3) is 3.38. The second-order valence-corrected chi connectivity index (χ2v) is 8.56. The van der Waals surface area contributed by atoms with Gasteiger partial charge in [-0.2, -0.15) is 0 Å². The summed E-state index contributed by atoms with van der Waals surface area (Å²) in [4.78, 5) is 28.3. The third-order valence-electron chi connectivity index (χ3n) is 5.55. The molecule has 1 saturated carbocycles. The molecule has 1 aliphatic heterocycles. The number of likely N-dealkylation sites (tertiary alicyclic amines) is 1. The first-order chi connectivity index (χ1) is 12.9. The van der Waals surface area contributed by atoms with Gasteiger partial charge in [-0.1, -0.05) is 6.58 Å². The molecule has 4 rings (SSSR count). The first kappa shape index (κ1) is 17.8. The molecule has 1 aliphatic carbocycles. The fourth-order valence-electron chi connectivity index (χ4n) is 4.44. The van der Waals surface area contributed by atoms with Crippen LogP contribution in [0.3, 0.4) is 0 Å². The van der Waals surface area contributed by atoms with Crippen molar-refractivity contribution in [3.8, 4) is 0 Å². The number of hydrogen-bond donors (Lipinski definition) is 1. The van der Waals surface area contributed by atoms with Crippen LogP contribution in [0.15, 0.2) is 31.4 Å². The molecular weight excluding hydrogens is 342 g/mol. The topological polar surface area (TPSA) is 74.4 Å². The molecule has 3 heterocycles. The lowest BCUT2D eigenvalue weighted by Crippen LogP contribution is -2.37. The van der Waals surface area contributed by atoms with Crippen molar-refractivity contribution in [2.24, 2.45) is 11.8 Å². The Balaban J connectivity index is 1.46. The van der Waals surface area contributed by atoms with E-state index in [0.29, 0.717) is 17.9 Å². The molecule has 2 aromatic rings. The first-order valence-electron chi connectivity index (χ1n) is 9.52. The Kier molecular flexibility index (Phi) is 4.32. The number of amides is 1. The summed E-state index contributed by atoms with van der Waals surface area (Å²) in [6.07, 6.45) is 7.18. The minimum atomic E-state index is -0.452. The van der Waals surface area contributed by atoms with Gasteiger partial charge in [-0.15, -0.1) is 0 Å². The number of aromatic amines is 1. The Hall–Kier alpha value is -2.57. The van der Waals surface area contributed by atoms with Crippen LogP contribution in [0.4, 0.5) is 10.6 Å². The lowest BCUT2D eigenvalue weighted by atomic mass is 10.0. The lowest BCUT2D eigenvalue weighted by molar-refractivity contribution is 0.0279. The number of nitrogens with one attached hydrogen (secondary N) is 1. The number of hydrogen-bond acceptors (Lipinski definition) is 5. The van der Waals surface area contributed by atoms with E-state index in [4.69, 9.17) is 4.74 Å². The molecule has 1 unspecified atom stereocenters. The van der Waals surface area contributed by atoms with Crippen LogP contribution in [0, 0.1) is 11.8 Å². The van der Waals surface area contributed by atoms with E-state index in [9.17, 15) is 4.79 Å². The van der Waals surface area contributed by atoms with Gasteiger partial charge in [-0.05, 0) is 57.7 Å². The van der Waals surface area contributed by atoms with Crippen LogP contribution in [0.5, 0.6) is 0 Å². The van der Waals surface area contributed by atoms with Crippen molar-refractivity contribution < 1.29 is 9.53 Å².